The lowest BCUT2D eigenvalue weighted by molar-refractivity contribution is 0.474. The first kappa shape index (κ1) is 12.7. The Kier molecular flexibility index (Phi) is 3.08. The van der Waals surface area contributed by atoms with Crippen LogP contribution in [0.4, 0.5) is 5.82 Å². The van der Waals surface area contributed by atoms with Gasteiger partial charge in [-0.15, -0.1) is 11.3 Å². The second-order valence-corrected chi connectivity index (χ2v) is 6.40. The Labute approximate surface area is 126 Å². The summed E-state index contributed by atoms with van der Waals surface area (Å²) in [5, 5.41) is 12.4. The fraction of sp³-hybridized carbons (Fsp3) is 0.357. The highest BCUT2D eigenvalue weighted by Crippen LogP contribution is 2.27. The minimum absolute atomic E-state index is 0.734. The maximum Gasteiger partial charge on any atom is 0.138 e. The number of hydrogen-bond acceptors (Lipinski definition) is 6. The molecule has 0 saturated carbocycles. The van der Waals surface area contributed by atoms with Crippen molar-refractivity contribution in [2.75, 3.05) is 11.9 Å². The predicted molar refractivity (Wildman–Crippen MR) is 83.4 cm³/mol. The van der Waals surface area contributed by atoms with E-state index in [1.807, 2.05) is 6.20 Å². The van der Waals surface area contributed by atoms with Crippen molar-refractivity contribution in [3.63, 3.8) is 0 Å². The van der Waals surface area contributed by atoms with Crippen LogP contribution in [0.3, 0.4) is 0 Å². The number of nitrogens with zero attached hydrogens (tertiary/aromatic N) is 4. The van der Waals surface area contributed by atoms with Gasteiger partial charge in [-0.25, -0.2) is 9.97 Å². The van der Waals surface area contributed by atoms with Gasteiger partial charge >= 0.3 is 0 Å². The number of rotatable bonds is 3. The Morgan fingerprint density at radius 2 is 2.38 bits per heavy atom. The smallest absolute Gasteiger partial charge is 0.138 e. The summed E-state index contributed by atoms with van der Waals surface area (Å²) in [6.07, 6.45) is 3.57. The third-order valence-corrected chi connectivity index (χ3v) is 4.69. The first-order chi connectivity index (χ1) is 10.3. The number of hydrogen-bond donors (Lipinski definition) is 2. The third kappa shape index (κ3) is 2.28. The molecule has 0 aliphatic carbocycles. The molecule has 1 aliphatic rings. The number of aromatic nitrogens is 4. The van der Waals surface area contributed by atoms with Gasteiger partial charge in [0.1, 0.15) is 17.0 Å². The van der Waals surface area contributed by atoms with Crippen LogP contribution in [-0.4, -0.2) is 26.3 Å². The van der Waals surface area contributed by atoms with Gasteiger partial charge < -0.3 is 10.6 Å². The predicted octanol–water partition coefficient (Wildman–Crippen LogP) is 1.91. The molecule has 0 amide bonds. The van der Waals surface area contributed by atoms with Gasteiger partial charge in [0.05, 0.1) is 23.8 Å². The maximum atomic E-state index is 4.44. The van der Waals surface area contributed by atoms with Gasteiger partial charge in [-0.3, -0.25) is 4.68 Å². The molecule has 0 atom stereocenters. The normalized spacial score (nSPS) is 14.3. The first-order valence-corrected chi connectivity index (χ1v) is 7.82. The molecule has 0 aromatic carbocycles. The molecule has 0 unspecified atom stereocenters. The minimum atomic E-state index is 0.734. The van der Waals surface area contributed by atoms with Crippen molar-refractivity contribution in [2.45, 2.75) is 26.6 Å². The zero-order valence-electron chi connectivity index (χ0n) is 11.8. The number of nitrogens with one attached hydrogen (secondary N) is 2. The number of aryl methyl sites for hydroxylation is 1. The molecule has 3 aromatic heterocycles. The van der Waals surface area contributed by atoms with Gasteiger partial charge in [-0.1, -0.05) is 0 Å². The Bertz CT molecular complexity index is 790. The molecule has 4 rings (SSSR count). The van der Waals surface area contributed by atoms with Crippen molar-refractivity contribution in [2.24, 2.45) is 0 Å². The van der Waals surface area contributed by atoms with Crippen LogP contribution in [0.5, 0.6) is 0 Å². The second-order valence-electron chi connectivity index (χ2n) is 5.17. The molecule has 0 fully saturated rings. The van der Waals surface area contributed by atoms with E-state index in [9.17, 15) is 0 Å². The molecule has 2 N–H and O–H groups in total. The fourth-order valence-electron chi connectivity index (χ4n) is 2.68. The van der Waals surface area contributed by atoms with Crippen LogP contribution in [0.1, 0.15) is 16.1 Å². The zero-order valence-corrected chi connectivity index (χ0v) is 12.6. The summed E-state index contributed by atoms with van der Waals surface area (Å²) in [6, 6.07) is 2.14. The van der Waals surface area contributed by atoms with Gasteiger partial charge in [-0.05, 0) is 13.0 Å². The molecule has 6 nitrogen and oxygen atoms in total. The average molecular weight is 300 g/mol. The second kappa shape index (κ2) is 5.09. The summed E-state index contributed by atoms with van der Waals surface area (Å²) < 4.78 is 2.08. The van der Waals surface area contributed by atoms with E-state index in [1.165, 1.54) is 16.1 Å². The summed E-state index contributed by atoms with van der Waals surface area (Å²) in [5.74, 6) is 0.896. The Hall–Kier alpha value is -1.99. The van der Waals surface area contributed by atoms with E-state index in [0.29, 0.717) is 0 Å². The molecule has 4 heterocycles. The van der Waals surface area contributed by atoms with Crippen molar-refractivity contribution in [3.05, 3.63) is 34.7 Å². The lowest BCUT2D eigenvalue weighted by atomic mass is 10.2. The molecule has 0 radical (unpaired) electrons. The molecule has 108 valence electrons. The van der Waals surface area contributed by atoms with Crippen molar-refractivity contribution in [1.82, 2.24) is 25.1 Å². The van der Waals surface area contributed by atoms with E-state index in [2.05, 4.69) is 43.4 Å². The van der Waals surface area contributed by atoms with Gasteiger partial charge in [-0.2, -0.15) is 5.10 Å². The molecular formula is C14H16N6S. The van der Waals surface area contributed by atoms with Gasteiger partial charge in [0.15, 0.2) is 0 Å². The van der Waals surface area contributed by atoms with E-state index in [-0.39, 0.29) is 0 Å². The van der Waals surface area contributed by atoms with E-state index in [0.717, 1.165) is 42.2 Å². The summed E-state index contributed by atoms with van der Waals surface area (Å²) in [7, 11) is 0. The Balaban J connectivity index is 1.60. The molecule has 0 bridgehead atoms. The topological polar surface area (TPSA) is 67.7 Å². The van der Waals surface area contributed by atoms with Crippen LogP contribution < -0.4 is 10.6 Å². The highest BCUT2D eigenvalue weighted by atomic mass is 32.1. The molecule has 1 aliphatic heterocycles. The highest BCUT2D eigenvalue weighted by molar-refractivity contribution is 7.18. The largest absolute Gasteiger partial charge is 0.365 e. The summed E-state index contributed by atoms with van der Waals surface area (Å²) in [4.78, 5) is 11.0. The SMILES string of the molecule is Cc1cc2c(NCc3cnn4c3CNCC4)ncnc2s1. The number of thiophene rings is 1. The van der Waals surface area contributed by atoms with Crippen LogP contribution in [0, 0.1) is 6.92 Å². The lowest BCUT2D eigenvalue weighted by Gasteiger charge is -2.16. The fourth-order valence-corrected chi connectivity index (χ4v) is 3.53. The summed E-state index contributed by atoms with van der Waals surface area (Å²) in [5.41, 5.74) is 2.49. The molecular weight excluding hydrogens is 284 g/mol. The average Bonchev–Trinajstić information content (AvgIpc) is 3.07. The van der Waals surface area contributed by atoms with Crippen LogP contribution >= 0.6 is 11.3 Å². The van der Waals surface area contributed by atoms with Gasteiger partial charge in [0, 0.05) is 30.1 Å². The molecule has 0 saturated heterocycles. The van der Waals surface area contributed by atoms with Crippen molar-refractivity contribution in [1.29, 1.82) is 0 Å². The van der Waals surface area contributed by atoms with E-state index in [4.69, 9.17) is 0 Å². The van der Waals surface area contributed by atoms with Crippen molar-refractivity contribution >= 4 is 27.4 Å². The van der Waals surface area contributed by atoms with E-state index >= 15 is 0 Å². The van der Waals surface area contributed by atoms with E-state index in [1.54, 1.807) is 17.7 Å². The quantitative estimate of drug-likeness (QED) is 0.773. The number of anilines is 1. The molecule has 3 aromatic rings. The van der Waals surface area contributed by atoms with Crippen LogP contribution in [0.15, 0.2) is 18.6 Å². The van der Waals surface area contributed by atoms with Gasteiger partial charge in [0.25, 0.3) is 0 Å². The van der Waals surface area contributed by atoms with Gasteiger partial charge in [0.2, 0.25) is 0 Å². The molecule has 21 heavy (non-hydrogen) atoms. The standard InChI is InChI=1S/C14H16N6S/c1-9-4-11-13(17-8-18-14(11)21-9)16-5-10-6-19-20-3-2-15-7-12(10)20/h4,6,8,15H,2-3,5,7H2,1H3,(H,16,17,18). The number of fused-ring (bicyclic) bond motifs is 2. The Morgan fingerprint density at radius 3 is 3.33 bits per heavy atom. The summed E-state index contributed by atoms with van der Waals surface area (Å²) in [6.45, 7) is 5.64. The third-order valence-electron chi connectivity index (χ3n) is 3.73. The van der Waals surface area contributed by atoms with Crippen LogP contribution in [0.25, 0.3) is 10.2 Å². The van der Waals surface area contributed by atoms with E-state index < -0.39 is 0 Å². The van der Waals surface area contributed by atoms with Crippen LogP contribution in [0.2, 0.25) is 0 Å². The first-order valence-electron chi connectivity index (χ1n) is 7.00. The maximum absolute atomic E-state index is 4.44. The van der Waals surface area contributed by atoms with Crippen molar-refractivity contribution < 1.29 is 0 Å². The monoisotopic (exact) mass is 300 g/mol. The molecule has 0 spiro atoms. The Morgan fingerprint density at radius 1 is 1.43 bits per heavy atom. The lowest BCUT2D eigenvalue weighted by Crippen LogP contribution is -2.29. The van der Waals surface area contributed by atoms with Crippen LogP contribution in [-0.2, 0) is 19.6 Å². The minimum Gasteiger partial charge on any atom is -0.365 e. The highest BCUT2D eigenvalue weighted by Gasteiger charge is 2.14. The van der Waals surface area contributed by atoms with Crippen molar-refractivity contribution in [3.8, 4) is 0 Å². The zero-order chi connectivity index (χ0) is 14.2. The summed E-state index contributed by atoms with van der Waals surface area (Å²) >= 11 is 1.69. The molecule has 7 heteroatoms.